The Hall–Kier alpha value is -2.02. The molecule has 1 rings (SSSR count). The molecule has 1 aromatic carbocycles. The second-order valence-corrected chi connectivity index (χ2v) is 3.05. The molecule has 15 heavy (non-hydrogen) atoms. The molecule has 0 unspecified atom stereocenters. The molecule has 1 N–H and O–H groups in total. The van der Waals surface area contributed by atoms with Gasteiger partial charge in [-0.2, -0.15) is 5.26 Å². The molecular formula is C11H12N2O2. The predicted molar refractivity (Wildman–Crippen MR) is 56.3 cm³/mol. The molecule has 0 bridgehead atoms. The molecule has 0 amide bonds. The molecule has 78 valence electrons. The van der Waals surface area contributed by atoms with Crippen molar-refractivity contribution in [2.75, 3.05) is 7.11 Å². The summed E-state index contributed by atoms with van der Waals surface area (Å²) in [7, 11) is 1.56. The lowest BCUT2D eigenvalue weighted by Gasteiger charge is -2.07. The Morgan fingerprint density at radius 3 is 2.87 bits per heavy atom. The highest BCUT2D eigenvalue weighted by molar-refractivity contribution is 5.98. The van der Waals surface area contributed by atoms with Crippen molar-refractivity contribution < 1.29 is 9.94 Å². The Morgan fingerprint density at radius 2 is 2.33 bits per heavy atom. The minimum absolute atomic E-state index is 0.274. The summed E-state index contributed by atoms with van der Waals surface area (Å²) in [5, 5.41) is 20.4. The molecule has 0 heterocycles. The van der Waals surface area contributed by atoms with E-state index in [0.717, 1.165) is 11.1 Å². The van der Waals surface area contributed by atoms with Crippen LogP contribution in [0.2, 0.25) is 0 Å². The van der Waals surface area contributed by atoms with Crippen molar-refractivity contribution in [3.05, 3.63) is 29.3 Å². The van der Waals surface area contributed by atoms with Gasteiger partial charge in [-0.1, -0.05) is 5.16 Å². The Morgan fingerprint density at radius 1 is 1.60 bits per heavy atom. The van der Waals surface area contributed by atoms with Gasteiger partial charge in [-0.25, -0.2) is 0 Å². The van der Waals surface area contributed by atoms with E-state index >= 15 is 0 Å². The maximum Gasteiger partial charge on any atom is 0.123 e. The van der Waals surface area contributed by atoms with Crippen LogP contribution >= 0.6 is 0 Å². The molecule has 0 fully saturated rings. The number of rotatable bonds is 3. The summed E-state index contributed by atoms with van der Waals surface area (Å²) in [6.45, 7) is 1.69. The van der Waals surface area contributed by atoms with Gasteiger partial charge in [0.2, 0.25) is 0 Å². The van der Waals surface area contributed by atoms with Crippen molar-refractivity contribution >= 4 is 5.71 Å². The third kappa shape index (κ3) is 2.47. The first-order valence-corrected chi connectivity index (χ1v) is 4.45. The van der Waals surface area contributed by atoms with Crippen molar-refractivity contribution in [2.24, 2.45) is 5.16 Å². The summed E-state index contributed by atoms with van der Waals surface area (Å²) in [6, 6.07) is 7.40. The van der Waals surface area contributed by atoms with Crippen LogP contribution in [0.1, 0.15) is 18.1 Å². The fraction of sp³-hybridized carbons (Fsp3) is 0.273. The van der Waals surface area contributed by atoms with Crippen LogP contribution in [0.3, 0.4) is 0 Å². The minimum atomic E-state index is 0.274. The average molecular weight is 204 g/mol. The standard InChI is InChI=1S/C11H12N2O2/c1-8(13-14)9-3-4-11(15-2)10(7-9)5-6-12/h3-4,7,14H,5H2,1-2H3. The van der Waals surface area contributed by atoms with Gasteiger partial charge in [0, 0.05) is 5.56 Å². The second-order valence-electron chi connectivity index (χ2n) is 3.05. The van der Waals surface area contributed by atoms with Crippen LogP contribution in [0.25, 0.3) is 0 Å². The predicted octanol–water partition coefficient (Wildman–Crippen LogP) is 1.96. The summed E-state index contributed by atoms with van der Waals surface area (Å²) in [4.78, 5) is 0. The van der Waals surface area contributed by atoms with E-state index in [-0.39, 0.29) is 6.42 Å². The zero-order valence-electron chi connectivity index (χ0n) is 8.69. The Balaban J connectivity index is 3.17. The molecule has 0 aromatic heterocycles. The smallest absolute Gasteiger partial charge is 0.123 e. The molecule has 0 radical (unpaired) electrons. The molecule has 0 atom stereocenters. The lowest BCUT2D eigenvalue weighted by Crippen LogP contribution is -1.98. The first-order valence-electron chi connectivity index (χ1n) is 4.45. The molecule has 0 saturated carbocycles. The van der Waals surface area contributed by atoms with Crippen LogP contribution in [0.5, 0.6) is 5.75 Å². The van der Waals surface area contributed by atoms with Crippen molar-refractivity contribution in [3.63, 3.8) is 0 Å². The van der Waals surface area contributed by atoms with E-state index in [1.807, 2.05) is 0 Å². The number of nitrogens with zero attached hydrogens (tertiary/aromatic N) is 2. The maximum absolute atomic E-state index is 8.64. The number of nitriles is 1. The van der Waals surface area contributed by atoms with E-state index in [4.69, 9.17) is 15.2 Å². The van der Waals surface area contributed by atoms with E-state index < -0.39 is 0 Å². The summed E-state index contributed by atoms with van der Waals surface area (Å²) in [6.07, 6.45) is 0.274. The molecule has 0 saturated heterocycles. The highest BCUT2D eigenvalue weighted by atomic mass is 16.5. The number of oxime groups is 1. The molecule has 1 aromatic rings. The van der Waals surface area contributed by atoms with Crippen LogP contribution in [0.15, 0.2) is 23.4 Å². The zero-order valence-corrected chi connectivity index (χ0v) is 8.69. The van der Waals surface area contributed by atoms with Gasteiger partial charge >= 0.3 is 0 Å². The quantitative estimate of drug-likeness (QED) is 0.465. The Labute approximate surface area is 88.4 Å². The summed E-state index contributed by atoms with van der Waals surface area (Å²) < 4.78 is 5.11. The lowest BCUT2D eigenvalue weighted by atomic mass is 10.0. The van der Waals surface area contributed by atoms with Gasteiger partial charge < -0.3 is 9.94 Å². The summed E-state index contributed by atoms with van der Waals surface area (Å²) in [5.41, 5.74) is 2.08. The van der Waals surface area contributed by atoms with Gasteiger partial charge in [0.25, 0.3) is 0 Å². The van der Waals surface area contributed by atoms with Gasteiger partial charge in [0.1, 0.15) is 5.75 Å². The van der Waals surface area contributed by atoms with E-state index in [1.54, 1.807) is 32.2 Å². The summed E-state index contributed by atoms with van der Waals surface area (Å²) >= 11 is 0. The van der Waals surface area contributed by atoms with Crippen molar-refractivity contribution in [1.82, 2.24) is 0 Å². The number of methoxy groups -OCH3 is 1. The lowest BCUT2D eigenvalue weighted by molar-refractivity contribution is 0.319. The molecule has 0 aliphatic heterocycles. The van der Waals surface area contributed by atoms with E-state index in [1.165, 1.54) is 0 Å². The monoisotopic (exact) mass is 204 g/mol. The van der Waals surface area contributed by atoms with Crippen molar-refractivity contribution in [2.45, 2.75) is 13.3 Å². The topological polar surface area (TPSA) is 65.6 Å². The van der Waals surface area contributed by atoms with Gasteiger partial charge in [-0.15, -0.1) is 0 Å². The van der Waals surface area contributed by atoms with Crippen LogP contribution < -0.4 is 4.74 Å². The SMILES string of the molecule is COc1ccc(C(C)=NO)cc1CC#N. The Bertz CT molecular complexity index is 419. The van der Waals surface area contributed by atoms with Crippen molar-refractivity contribution in [3.8, 4) is 11.8 Å². The molecule has 4 nitrogen and oxygen atoms in total. The summed E-state index contributed by atoms with van der Waals surface area (Å²) in [5.74, 6) is 0.672. The Kier molecular flexibility index (Phi) is 3.69. The number of hydrogen-bond acceptors (Lipinski definition) is 4. The maximum atomic E-state index is 8.64. The van der Waals surface area contributed by atoms with Gasteiger partial charge in [-0.05, 0) is 30.7 Å². The number of benzene rings is 1. The van der Waals surface area contributed by atoms with E-state index in [0.29, 0.717) is 11.5 Å². The molecule has 0 aliphatic carbocycles. The third-order valence-electron chi connectivity index (χ3n) is 2.12. The highest BCUT2D eigenvalue weighted by Crippen LogP contribution is 2.20. The molecule has 4 heteroatoms. The van der Waals surface area contributed by atoms with Crippen molar-refractivity contribution in [1.29, 1.82) is 5.26 Å². The van der Waals surface area contributed by atoms with Gasteiger partial charge in [0.05, 0.1) is 25.3 Å². The average Bonchev–Trinajstić information content (AvgIpc) is 2.28. The highest BCUT2D eigenvalue weighted by Gasteiger charge is 2.05. The van der Waals surface area contributed by atoms with Gasteiger partial charge in [-0.3, -0.25) is 0 Å². The van der Waals surface area contributed by atoms with E-state index in [2.05, 4.69) is 11.2 Å². The first-order chi connectivity index (χ1) is 7.22. The minimum Gasteiger partial charge on any atom is -0.496 e. The second kappa shape index (κ2) is 5.01. The number of ether oxygens (including phenoxy) is 1. The third-order valence-corrected chi connectivity index (χ3v) is 2.12. The molecule has 0 spiro atoms. The van der Waals surface area contributed by atoms with Crippen LogP contribution in [-0.2, 0) is 6.42 Å². The normalized spacial score (nSPS) is 10.9. The van der Waals surface area contributed by atoms with Gasteiger partial charge in [0.15, 0.2) is 0 Å². The number of hydrogen-bond donors (Lipinski definition) is 1. The molecule has 0 aliphatic rings. The fourth-order valence-corrected chi connectivity index (χ4v) is 1.28. The molecular weight excluding hydrogens is 192 g/mol. The van der Waals surface area contributed by atoms with E-state index in [9.17, 15) is 0 Å². The fourth-order valence-electron chi connectivity index (χ4n) is 1.28. The van der Waals surface area contributed by atoms with Crippen LogP contribution in [-0.4, -0.2) is 18.0 Å². The van der Waals surface area contributed by atoms with Crippen LogP contribution in [0, 0.1) is 11.3 Å². The zero-order chi connectivity index (χ0) is 11.3. The first kappa shape index (κ1) is 11.1. The largest absolute Gasteiger partial charge is 0.496 e. The van der Waals surface area contributed by atoms with Crippen LogP contribution in [0.4, 0.5) is 0 Å².